The Morgan fingerprint density at radius 1 is 0.682 bits per heavy atom. The van der Waals surface area contributed by atoms with Crippen LogP contribution in [0.4, 0.5) is 4.79 Å². The second kappa shape index (κ2) is 8.44. The van der Waals surface area contributed by atoms with Crippen molar-refractivity contribution in [2.45, 2.75) is 0 Å². The number of carbonyl (C=O) groups excluding carboxylic acids is 1. The maximum absolute atomic E-state index is 11.5. The van der Waals surface area contributed by atoms with Crippen LogP contribution < -0.4 is 44.6 Å². The third kappa shape index (κ3) is 9.23. The van der Waals surface area contributed by atoms with Crippen molar-refractivity contribution in [3.8, 4) is 0 Å². The highest BCUT2D eigenvalue weighted by Gasteiger charge is 2.19. The number of nitrogens with two attached hydrogens (primary N) is 4. The fourth-order valence-electron chi connectivity index (χ4n) is 0.751. The second-order valence-electron chi connectivity index (χ2n) is 3.12. The highest BCUT2D eigenvalue weighted by Crippen LogP contribution is 1.90. The average molecular weight is 320 g/mol. The van der Waals surface area contributed by atoms with Gasteiger partial charge >= 0.3 is 6.16 Å². The number of guanidine groups is 4. The fourth-order valence-corrected chi connectivity index (χ4v) is 0.751. The predicted octanol–water partition coefficient (Wildman–Crippen LogP) is -4.83. The van der Waals surface area contributed by atoms with Gasteiger partial charge in [0.2, 0.25) is 23.8 Å². The Hall–Kier alpha value is -3.73. The molecular formula is C5H16N14O3. The van der Waals surface area contributed by atoms with E-state index in [2.05, 4.69) is 9.68 Å². The van der Waals surface area contributed by atoms with E-state index < -0.39 is 30.0 Å². The Balaban J connectivity index is 4.67. The van der Waals surface area contributed by atoms with E-state index in [-0.39, 0.29) is 10.6 Å². The SMILES string of the molecule is N=C(N)NN(NC(=N)N)OC(=O)ON(NC(=N)N)NC(=N)N. The van der Waals surface area contributed by atoms with Gasteiger partial charge in [0, 0.05) is 0 Å². The molecule has 124 valence electrons. The molecule has 17 heteroatoms. The van der Waals surface area contributed by atoms with Crippen molar-refractivity contribution in [3.63, 3.8) is 0 Å². The van der Waals surface area contributed by atoms with E-state index in [9.17, 15) is 4.79 Å². The number of hydrogen-bond donors (Lipinski definition) is 12. The molecule has 0 aromatic carbocycles. The Morgan fingerprint density at radius 3 is 1.09 bits per heavy atom. The van der Waals surface area contributed by atoms with Crippen molar-refractivity contribution in [3.05, 3.63) is 0 Å². The lowest BCUT2D eigenvalue weighted by Gasteiger charge is -2.24. The minimum absolute atomic E-state index is 0.284. The van der Waals surface area contributed by atoms with Crippen molar-refractivity contribution >= 4 is 30.0 Å². The lowest BCUT2D eigenvalue weighted by Crippen LogP contribution is -2.59. The normalized spacial score (nSPS) is 9.55. The molecule has 0 radical (unpaired) electrons. The molecule has 0 aliphatic heterocycles. The van der Waals surface area contributed by atoms with Gasteiger partial charge < -0.3 is 22.9 Å². The van der Waals surface area contributed by atoms with Gasteiger partial charge in [-0.3, -0.25) is 31.3 Å². The van der Waals surface area contributed by atoms with Crippen LogP contribution in [0, 0.1) is 21.6 Å². The van der Waals surface area contributed by atoms with Gasteiger partial charge in [-0.2, -0.15) is 4.79 Å². The standard InChI is InChI=1S/C5H16N14O3/c6-1(7)14-18(15-2(8)9)21-5(20)22-19(16-3(10)11)17-4(12)13/h(H4,6,7,14)(H4,8,9,15)(H4,10,11,16)(H4,12,13,17). The summed E-state index contributed by atoms with van der Waals surface area (Å²) in [7, 11) is 0. The highest BCUT2D eigenvalue weighted by atomic mass is 16.9. The van der Waals surface area contributed by atoms with Crippen LogP contribution >= 0.6 is 0 Å². The number of carbonyl (C=O) groups is 1. The Labute approximate surface area is 122 Å². The molecule has 0 saturated heterocycles. The van der Waals surface area contributed by atoms with E-state index >= 15 is 0 Å². The number of hydrogen-bond acceptors (Lipinski definition) is 9. The molecule has 0 fully saturated rings. The van der Waals surface area contributed by atoms with Crippen LogP contribution in [0.3, 0.4) is 0 Å². The predicted molar refractivity (Wildman–Crippen MR) is 71.4 cm³/mol. The molecule has 0 bridgehead atoms. The molecule has 0 amide bonds. The minimum Gasteiger partial charge on any atom is -0.369 e. The maximum atomic E-state index is 11.5. The molecule has 0 unspecified atom stereocenters. The van der Waals surface area contributed by atoms with Crippen LogP contribution in [0.2, 0.25) is 0 Å². The number of nitrogens with zero attached hydrogens (tertiary/aromatic N) is 2. The molecule has 0 atom stereocenters. The third-order valence-electron chi connectivity index (χ3n) is 1.22. The van der Waals surface area contributed by atoms with E-state index in [1.807, 2.05) is 21.7 Å². The van der Waals surface area contributed by atoms with E-state index in [0.717, 1.165) is 0 Å². The topological polar surface area (TPSA) is 290 Å². The zero-order valence-electron chi connectivity index (χ0n) is 10.9. The van der Waals surface area contributed by atoms with Crippen molar-refractivity contribution in [1.29, 1.82) is 21.6 Å². The van der Waals surface area contributed by atoms with E-state index in [4.69, 9.17) is 44.6 Å². The van der Waals surface area contributed by atoms with Gasteiger partial charge in [0.25, 0.3) is 0 Å². The quantitative estimate of drug-likeness (QED) is 0.124. The molecule has 0 aromatic rings. The van der Waals surface area contributed by atoms with Crippen LogP contribution in [-0.4, -0.2) is 40.6 Å². The molecular weight excluding hydrogens is 304 g/mol. The molecule has 0 heterocycles. The zero-order chi connectivity index (χ0) is 17.3. The van der Waals surface area contributed by atoms with E-state index in [1.54, 1.807) is 0 Å². The first-order valence-corrected chi connectivity index (χ1v) is 5.03. The van der Waals surface area contributed by atoms with E-state index in [1.165, 1.54) is 0 Å². The number of nitrogens with one attached hydrogen (secondary N) is 8. The van der Waals surface area contributed by atoms with Crippen LogP contribution in [0.1, 0.15) is 0 Å². The largest absolute Gasteiger partial charge is 0.554 e. The molecule has 0 spiro atoms. The van der Waals surface area contributed by atoms with Gasteiger partial charge in [0.1, 0.15) is 0 Å². The van der Waals surface area contributed by atoms with Crippen LogP contribution in [0.25, 0.3) is 0 Å². The number of hydrazine groups is 4. The Morgan fingerprint density at radius 2 is 0.909 bits per heavy atom. The van der Waals surface area contributed by atoms with Crippen molar-refractivity contribution in [2.24, 2.45) is 22.9 Å². The van der Waals surface area contributed by atoms with Crippen molar-refractivity contribution < 1.29 is 14.5 Å². The lowest BCUT2D eigenvalue weighted by molar-refractivity contribution is -0.230. The molecule has 0 aromatic heterocycles. The first-order valence-electron chi connectivity index (χ1n) is 5.03. The summed E-state index contributed by atoms with van der Waals surface area (Å²) in [6, 6.07) is 0. The maximum Gasteiger partial charge on any atom is 0.554 e. The minimum atomic E-state index is -1.50. The third-order valence-corrected chi connectivity index (χ3v) is 1.22. The first-order chi connectivity index (χ1) is 10.1. The van der Waals surface area contributed by atoms with Gasteiger partial charge in [-0.25, -0.2) is 21.7 Å². The first kappa shape index (κ1) is 18.3. The van der Waals surface area contributed by atoms with Crippen molar-refractivity contribution in [2.75, 3.05) is 0 Å². The average Bonchev–Trinajstić information content (AvgIpc) is 2.23. The molecule has 0 rings (SSSR count). The van der Waals surface area contributed by atoms with Crippen molar-refractivity contribution in [1.82, 2.24) is 32.3 Å². The second-order valence-corrected chi connectivity index (χ2v) is 3.12. The number of rotatable bonds is 6. The molecule has 0 aliphatic rings. The van der Waals surface area contributed by atoms with Gasteiger partial charge in [0.05, 0.1) is 10.6 Å². The molecule has 17 nitrogen and oxygen atoms in total. The molecule has 22 heavy (non-hydrogen) atoms. The van der Waals surface area contributed by atoms with Crippen LogP contribution in [0.15, 0.2) is 0 Å². The summed E-state index contributed by atoms with van der Waals surface area (Å²) in [5, 5.41) is 28.4. The van der Waals surface area contributed by atoms with Crippen LogP contribution in [-0.2, 0) is 9.68 Å². The zero-order valence-corrected chi connectivity index (χ0v) is 10.9. The summed E-state index contributed by atoms with van der Waals surface area (Å²) >= 11 is 0. The molecule has 0 saturated carbocycles. The molecule has 16 N–H and O–H groups in total. The summed E-state index contributed by atoms with van der Waals surface area (Å²) < 4.78 is 0. The van der Waals surface area contributed by atoms with E-state index in [0.29, 0.717) is 0 Å². The smallest absolute Gasteiger partial charge is 0.369 e. The lowest BCUT2D eigenvalue weighted by atomic mass is 11.0. The Kier molecular flexibility index (Phi) is 7.01. The van der Waals surface area contributed by atoms with Gasteiger partial charge in [0.15, 0.2) is 0 Å². The monoisotopic (exact) mass is 320 g/mol. The fraction of sp³-hybridized carbons (Fsp3) is 0. The summed E-state index contributed by atoms with van der Waals surface area (Å²) in [5.41, 5.74) is 27.8. The molecule has 0 aliphatic carbocycles. The van der Waals surface area contributed by atoms with Gasteiger partial charge in [-0.1, -0.05) is 0 Å². The van der Waals surface area contributed by atoms with Gasteiger partial charge in [-0.15, -0.1) is 0 Å². The summed E-state index contributed by atoms with van der Waals surface area (Å²) in [4.78, 5) is 20.3. The summed E-state index contributed by atoms with van der Waals surface area (Å²) in [5.74, 6) is -2.66. The summed E-state index contributed by atoms with van der Waals surface area (Å²) in [6.07, 6.45) is -1.50. The highest BCUT2D eigenvalue weighted by molar-refractivity contribution is 5.77. The van der Waals surface area contributed by atoms with Gasteiger partial charge in [-0.05, 0) is 0 Å². The Bertz CT molecular complexity index is 389. The summed E-state index contributed by atoms with van der Waals surface area (Å²) in [6.45, 7) is 0. The van der Waals surface area contributed by atoms with Crippen LogP contribution in [0.5, 0.6) is 0 Å².